The summed E-state index contributed by atoms with van der Waals surface area (Å²) in [6.45, 7) is 4.23. The van der Waals surface area contributed by atoms with Crippen molar-refractivity contribution in [2.24, 2.45) is 23.2 Å². The highest BCUT2D eigenvalue weighted by Crippen LogP contribution is 2.61. The molecule has 3 heteroatoms. The fourth-order valence-corrected chi connectivity index (χ4v) is 4.62. The van der Waals surface area contributed by atoms with Crippen molar-refractivity contribution in [3.05, 3.63) is 60.7 Å². The number of hydrogen-bond acceptors (Lipinski definition) is 2. The maximum atomic E-state index is 12.9. The molecule has 2 aliphatic carbocycles. The van der Waals surface area contributed by atoms with Gasteiger partial charge in [0.1, 0.15) is 0 Å². The van der Waals surface area contributed by atoms with Gasteiger partial charge in [-0.3, -0.25) is 14.5 Å². The highest BCUT2D eigenvalue weighted by atomic mass is 16.2. The second-order valence-electron chi connectivity index (χ2n) is 6.70. The van der Waals surface area contributed by atoms with Crippen molar-refractivity contribution in [2.75, 3.05) is 0 Å². The van der Waals surface area contributed by atoms with Gasteiger partial charge in [-0.2, -0.15) is 0 Å². The van der Waals surface area contributed by atoms with Gasteiger partial charge in [0.05, 0.1) is 18.4 Å². The molecule has 3 aliphatic rings. The maximum Gasteiger partial charge on any atom is 0.234 e. The molecule has 1 heterocycles. The van der Waals surface area contributed by atoms with E-state index in [0.717, 1.165) is 18.4 Å². The number of fused-ring (bicyclic) bond motifs is 5. The summed E-state index contributed by atoms with van der Waals surface area (Å²) in [5.41, 5.74) is 0.831. The Morgan fingerprint density at radius 2 is 2.00 bits per heavy atom. The van der Waals surface area contributed by atoms with Crippen molar-refractivity contribution >= 4 is 11.8 Å². The molecule has 112 valence electrons. The first-order valence-corrected chi connectivity index (χ1v) is 7.86. The number of nitrogens with zero attached hydrogens (tertiary/aromatic N) is 1. The number of imide groups is 1. The molecular formula is C19H19NO2. The zero-order valence-corrected chi connectivity index (χ0v) is 12.4. The van der Waals surface area contributed by atoms with Gasteiger partial charge in [0.25, 0.3) is 0 Å². The molecule has 0 aromatic heterocycles. The average molecular weight is 293 g/mol. The molecule has 1 aromatic carbocycles. The second-order valence-corrected chi connectivity index (χ2v) is 6.70. The molecule has 0 N–H and O–H groups in total. The lowest BCUT2D eigenvalue weighted by atomic mass is 9.73. The molecule has 2 bridgehead atoms. The largest absolute Gasteiger partial charge is 0.278 e. The summed E-state index contributed by atoms with van der Waals surface area (Å²) in [6.07, 6.45) is 7.89. The molecule has 1 aromatic rings. The number of rotatable bonds is 4. The molecule has 4 rings (SSSR count). The van der Waals surface area contributed by atoms with E-state index in [4.69, 9.17) is 0 Å². The molecule has 1 saturated heterocycles. The van der Waals surface area contributed by atoms with E-state index in [1.807, 2.05) is 36.4 Å². The molecule has 22 heavy (non-hydrogen) atoms. The molecule has 2 amide bonds. The summed E-state index contributed by atoms with van der Waals surface area (Å²) in [5.74, 6) is -0.0910. The fraction of sp³-hybridized carbons (Fsp3) is 0.368. The van der Waals surface area contributed by atoms with Crippen molar-refractivity contribution in [3.8, 4) is 0 Å². The third kappa shape index (κ3) is 1.68. The normalized spacial score (nSPS) is 35.3. The summed E-state index contributed by atoms with van der Waals surface area (Å²) in [5, 5.41) is 0. The van der Waals surface area contributed by atoms with E-state index in [-0.39, 0.29) is 35.0 Å². The van der Waals surface area contributed by atoms with E-state index in [1.165, 1.54) is 4.90 Å². The van der Waals surface area contributed by atoms with Gasteiger partial charge in [-0.15, -0.1) is 6.58 Å². The smallest absolute Gasteiger partial charge is 0.234 e. The Morgan fingerprint density at radius 1 is 1.23 bits per heavy atom. The lowest BCUT2D eigenvalue weighted by Gasteiger charge is -2.29. The predicted molar refractivity (Wildman–Crippen MR) is 83.5 cm³/mol. The zero-order chi connectivity index (χ0) is 15.3. The number of hydrogen-bond donors (Lipinski definition) is 0. The number of carbonyl (C=O) groups excluding carboxylic acids is 2. The van der Waals surface area contributed by atoms with Crippen molar-refractivity contribution < 1.29 is 9.59 Å². The van der Waals surface area contributed by atoms with E-state index in [2.05, 4.69) is 18.7 Å². The molecule has 4 unspecified atom stereocenters. The molecule has 1 aliphatic heterocycles. The van der Waals surface area contributed by atoms with Gasteiger partial charge in [-0.1, -0.05) is 48.6 Å². The molecular weight excluding hydrogens is 274 g/mol. The Bertz CT molecular complexity index is 678. The van der Waals surface area contributed by atoms with Gasteiger partial charge in [-0.05, 0) is 24.3 Å². The minimum atomic E-state index is -0.184. The minimum Gasteiger partial charge on any atom is -0.278 e. The first-order chi connectivity index (χ1) is 10.7. The Labute approximate surface area is 130 Å². The quantitative estimate of drug-likeness (QED) is 0.632. The van der Waals surface area contributed by atoms with Crippen LogP contribution < -0.4 is 0 Å². The van der Waals surface area contributed by atoms with Crippen LogP contribution in [0.25, 0.3) is 0 Å². The molecule has 2 fully saturated rings. The second kappa shape index (κ2) is 4.67. The Hall–Kier alpha value is -2.16. The van der Waals surface area contributed by atoms with Gasteiger partial charge >= 0.3 is 0 Å². The van der Waals surface area contributed by atoms with Crippen LogP contribution in [0, 0.1) is 23.2 Å². The number of likely N-dealkylation sites (tertiary alicyclic amines) is 1. The number of benzene rings is 1. The van der Waals surface area contributed by atoms with Crippen LogP contribution in [-0.4, -0.2) is 16.7 Å². The first-order valence-electron chi connectivity index (χ1n) is 7.86. The fourth-order valence-electron chi connectivity index (χ4n) is 4.62. The molecule has 0 radical (unpaired) electrons. The van der Waals surface area contributed by atoms with Gasteiger partial charge in [0.2, 0.25) is 11.8 Å². The van der Waals surface area contributed by atoms with Crippen molar-refractivity contribution in [3.63, 3.8) is 0 Å². The number of carbonyl (C=O) groups is 2. The van der Waals surface area contributed by atoms with Crippen molar-refractivity contribution in [1.82, 2.24) is 4.90 Å². The summed E-state index contributed by atoms with van der Waals surface area (Å²) in [7, 11) is 0. The minimum absolute atomic E-state index is 0.00699. The SMILES string of the molecule is C=CCC12C=CC(C1)C1C(=O)N(Cc3ccccc3)C(=O)C12. The van der Waals surface area contributed by atoms with E-state index in [1.54, 1.807) is 0 Å². The van der Waals surface area contributed by atoms with E-state index in [0.29, 0.717) is 6.54 Å². The van der Waals surface area contributed by atoms with Crippen LogP contribution in [0.2, 0.25) is 0 Å². The van der Waals surface area contributed by atoms with Crippen LogP contribution in [0.15, 0.2) is 55.1 Å². The van der Waals surface area contributed by atoms with Crippen LogP contribution in [-0.2, 0) is 16.1 Å². The van der Waals surface area contributed by atoms with Gasteiger partial charge in [0, 0.05) is 5.41 Å². The number of amides is 2. The highest BCUT2D eigenvalue weighted by Gasteiger charge is 2.65. The lowest BCUT2D eigenvalue weighted by Crippen LogP contribution is -2.35. The summed E-state index contributed by atoms with van der Waals surface area (Å²) in [6, 6.07) is 9.73. The topological polar surface area (TPSA) is 37.4 Å². The molecule has 3 nitrogen and oxygen atoms in total. The van der Waals surface area contributed by atoms with Crippen LogP contribution in [0.1, 0.15) is 18.4 Å². The number of allylic oxidation sites excluding steroid dienone is 3. The van der Waals surface area contributed by atoms with Crippen LogP contribution in [0.5, 0.6) is 0 Å². The third-order valence-corrected chi connectivity index (χ3v) is 5.52. The zero-order valence-electron chi connectivity index (χ0n) is 12.4. The summed E-state index contributed by atoms with van der Waals surface area (Å²) >= 11 is 0. The lowest BCUT2D eigenvalue weighted by molar-refractivity contribution is -0.141. The Balaban J connectivity index is 1.66. The average Bonchev–Trinajstić information content (AvgIpc) is 3.15. The molecule has 4 atom stereocenters. The van der Waals surface area contributed by atoms with E-state index < -0.39 is 0 Å². The monoisotopic (exact) mass is 293 g/mol. The summed E-state index contributed by atoms with van der Waals surface area (Å²) < 4.78 is 0. The van der Waals surface area contributed by atoms with Crippen LogP contribution >= 0.6 is 0 Å². The standard InChI is InChI=1S/C19H19NO2/c1-2-9-19-10-8-14(11-19)15-16(19)18(22)20(17(15)21)12-13-6-4-3-5-7-13/h2-8,10,14-16H,1,9,11-12H2. The predicted octanol–water partition coefficient (Wildman–Crippen LogP) is 2.94. The first kappa shape index (κ1) is 13.5. The molecule has 1 saturated carbocycles. The Kier molecular flexibility index (Phi) is 2.86. The van der Waals surface area contributed by atoms with Gasteiger partial charge in [-0.25, -0.2) is 0 Å². The van der Waals surface area contributed by atoms with Crippen LogP contribution in [0.3, 0.4) is 0 Å². The summed E-state index contributed by atoms with van der Waals surface area (Å²) in [4.78, 5) is 27.2. The highest BCUT2D eigenvalue weighted by molar-refractivity contribution is 6.06. The van der Waals surface area contributed by atoms with E-state index in [9.17, 15) is 9.59 Å². The maximum absolute atomic E-state index is 12.9. The van der Waals surface area contributed by atoms with Gasteiger partial charge < -0.3 is 0 Å². The molecule has 0 spiro atoms. The van der Waals surface area contributed by atoms with Crippen molar-refractivity contribution in [1.29, 1.82) is 0 Å². The third-order valence-electron chi connectivity index (χ3n) is 5.52. The van der Waals surface area contributed by atoms with E-state index >= 15 is 0 Å². The van der Waals surface area contributed by atoms with Gasteiger partial charge in [0.15, 0.2) is 0 Å². The van der Waals surface area contributed by atoms with Crippen molar-refractivity contribution in [2.45, 2.75) is 19.4 Å². The Morgan fingerprint density at radius 3 is 2.73 bits per heavy atom. The van der Waals surface area contributed by atoms with Crippen LogP contribution in [0.4, 0.5) is 0 Å².